The molecule has 2 bridgehead atoms. The largest absolute Gasteiger partial charge is 0.497 e. The Morgan fingerprint density at radius 1 is 1.15 bits per heavy atom. The normalized spacial score (nSPS) is 29.5. The van der Waals surface area contributed by atoms with E-state index in [1.807, 2.05) is 12.1 Å². The first kappa shape index (κ1) is 23.1. The number of carbonyl (C=O) groups is 1. The molecule has 0 spiro atoms. The molecule has 5 atom stereocenters. The molecule has 5 rings (SSSR count). The molecule has 3 saturated heterocycles. The number of benzene rings is 2. The Morgan fingerprint density at radius 2 is 1.94 bits per heavy atom. The van der Waals surface area contributed by atoms with Crippen LogP contribution in [0.1, 0.15) is 18.4 Å². The summed E-state index contributed by atoms with van der Waals surface area (Å²) in [5.41, 5.74) is 1.98. The number of aliphatic hydroxyl groups excluding tert-OH is 1. The van der Waals surface area contributed by atoms with Crippen LogP contribution in [-0.4, -0.2) is 73.4 Å². The molecule has 182 valence electrons. The van der Waals surface area contributed by atoms with Crippen molar-refractivity contribution in [1.29, 1.82) is 0 Å². The number of anilines is 1. The lowest BCUT2D eigenvalue weighted by atomic mass is 9.87. The number of fused-ring (bicyclic) bond motifs is 2. The SMILES string of the molecule is COc1cccc(NC(=O)NC2C3COC(O3)C(N3CCC(Cc4ccccc4)CC3)C2O)c1. The number of hydrogen-bond donors (Lipinski definition) is 3. The molecule has 0 saturated carbocycles. The number of amides is 2. The molecular formula is C26H33N3O5. The number of carbonyl (C=O) groups excluding carboxylic acids is 1. The number of hydrogen-bond acceptors (Lipinski definition) is 6. The summed E-state index contributed by atoms with van der Waals surface area (Å²) in [4.78, 5) is 15.0. The van der Waals surface area contributed by atoms with Crippen LogP contribution in [-0.2, 0) is 15.9 Å². The molecule has 34 heavy (non-hydrogen) atoms. The summed E-state index contributed by atoms with van der Waals surface area (Å²) < 4.78 is 17.2. The van der Waals surface area contributed by atoms with Crippen LogP contribution in [0.2, 0.25) is 0 Å². The van der Waals surface area contributed by atoms with Gasteiger partial charge in [0, 0.05) is 11.8 Å². The minimum Gasteiger partial charge on any atom is -0.497 e. The zero-order valence-electron chi connectivity index (χ0n) is 19.4. The van der Waals surface area contributed by atoms with Gasteiger partial charge in [0.15, 0.2) is 6.29 Å². The van der Waals surface area contributed by atoms with E-state index in [9.17, 15) is 9.90 Å². The van der Waals surface area contributed by atoms with Crippen LogP contribution in [0.4, 0.5) is 10.5 Å². The summed E-state index contributed by atoms with van der Waals surface area (Å²) in [5, 5.41) is 17.0. The molecule has 8 heteroatoms. The maximum absolute atomic E-state index is 12.7. The summed E-state index contributed by atoms with van der Waals surface area (Å²) in [6.07, 6.45) is 1.57. The van der Waals surface area contributed by atoms with Crippen LogP contribution in [0.25, 0.3) is 0 Å². The van der Waals surface area contributed by atoms with Gasteiger partial charge in [0.2, 0.25) is 0 Å². The topological polar surface area (TPSA) is 92.3 Å². The highest BCUT2D eigenvalue weighted by atomic mass is 16.7. The van der Waals surface area contributed by atoms with Crippen LogP contribution >= 0.6 is 0 Å². The summed E-state index contributed by atoms with van der Waals surface area (Å²) in [6.45, 7) is 2.10. The number of urea groups is 1. The molecule has 2 aromatic carbocycles. The van der Waals surface area contributed by atoms with Crippen molar-refractivity contribution in [3.8, 4) is 5.75 Å². The van der Waals surface area contributed by atoms with Crippen molar-refractivity contribution in [3.05, 3.63) is 60.2 Å². The minimum atomic E-state index is -0.784. The third-order valence-electron chi connectivity index (χ3n) is 7.19. The number of aliphatic hydroxyl groups is 1. The van der Waals surface area contributed by atoms with Gasteiger partial charge in [0.05, 0.1) is 31.9 Å². The van der Waals surface area contributed by atoms with Gasteiger partial charge in [-0.25, -0.2) is 4.79 Å². The molecule has 5 unspecified atom stereocenters. The Morgan fingerprint density at radius 3 is 2.71 bits per heavy atom. The Hall–Kier alpha value is -2.65. The molecule has 3 fully saturated rings. The first-order chi connectivity index (χ1) is 16.6. The van der Waals surface area contributed by atoms with Crippen molar-refractivity contribution in [1.82, 2.24) is 10.2 Å². The Balaban J connectivity index is 1.19. The molecule has 8 nitrogen and oxygen atoms in total. The number of ether oxygens (including phenoxy) is 3. The Bertz CT molecular complexity index is 966. The van der Waals surface area contributed by atoms with Gasteiger partial charge >= 0.3 is 6.03 Å². The van der Waals surface area contributed by atoms with Gasteiger partial charge in [-0.3, -0.25) is 4.90 Å². The molecule has 3 aliphatic heterocycles. The first-order valence-electron chi connectivity index (χ1n) is 12.1. The van der Waals surface area contributed by atoms with Gasteiger partial charge in [0.1, 0.15) is 11.9 Å². The second-order valence-electron chi connectivity index (χ2n) is 9.38. The maximum Gasteiger partial charge on any atom is 0.319 e. The number of rotatable bonds is 6. The monoisotopic (exact) mass is 467 g/mol. The Labute approximate surface area is 200 Å². The van der Waals surface area contributed by atoms with Crippen molar-refractivity contribution in [3.63, 3.8) is 0 Å². The fourth-order valence-corrected chi connectivity index (χ4v) is 5.39. The standard InChI is InChI=1S/C26H33N3O5/c1-32-20-9-5-8-19(15-20)27-26(31)28-22-21-16-33-25(34-21)23(24(22)30)29-12-10-18(11-13-29)14-17-6-3-2-4-7-17/h2-9,15,18,21-25,30H,10-14,16H2,1H3,(H2,27,28,31). The van der Waals surface area contributed by atoms with Crippen molar-refractivity contribution in [2.75, 3.05) is 32.1 Å². The smallest absolute Gasteiger partial charge is 0.319 e. The van der Waals surface area contributed by atoms with Crippen LogP contribution in [0.5, 0.6) is 5.75 Å². The molecule has 0 aliphatic carbocycles. The van der Waals surface area contributed by atoms with Gasteiger partial charge < -0.3 is 30.0 Å². The highest BCUT2D eigenvalue weighted by Crippen LogP contribution is 2.34. The van der Waals surface area contributed by atoms with E-state index in [0.29, 0.717) is 24.0 Å². The van der Waals surface area contributed by atoms with Crippen molar-refractivity contribution >= 4 is 11.7 Å². The average molecular weight is 468 g/mol. The Kier molecular flexibility index (Phi) is 7.01. The number of nitrogens with one attached hydrogen (secondary N) is 2. The third kappa shape index (κ3) is 5.05. The van der Waals surface area contributed by atoms with Crippen LogP contribution in [0, 0.1) is 5.92 Å². The van der Waals surface area contributed by atoms with E-state index in [2.05, 4.69) is 39.8 Å². The van der Waals surface area contributed by atoms with Crippen LogP contribution in [0.15, 0.2) is 54.6 Å². The van der Waals surface area contributed by atoms with E-state index in [-0.39, 0.29) is 12.1 Å². The molecule has 3 aliphatic rings. The minimum absolute atomic E-state index is 0.307. The van der Waals surface area contributed by atoms with Gasteiger partial charge in [-0.2, -0.15) is 0 Å². The lowest BCUT2D eigenvalue weighted by Crippen LogP contribution is -2.66. The summed E-state index contributed by atoms with van der Waals surface area (Å²) >= 11 is 0. The molecule has 3 heterocycles. The fraction of sp³-hybridized carbons (Fsp3) is 0.500. The highest BCUT2D eigenvalue weighted by Gasteiger charge is 2.52. The quantitative estimate of drug-likeness (QED) is 0.605. The molecule has 2 aromatic rings. The maximum atomic E-state index is 12.7. The molecule has 2 amide bonds. The van der Waals surface area contributed by atoms with E-state index in [0.717, 1.165) is 32.4 Å². The summed E-state index contributed by atoms with van der Waals surface area (Å²) in [6, 6.07) is 16.5. The van der Waals surface area contributed by atoms with E-state index >= 15 is 0 Å². The number of likely N-dealkylation sites (tertiary alicyclic amines) is 1. The van der Waals surface area contributed by atoms with Gasteiger partial charge in [-0.15, -0.1) is 0 Å². The predicted molar refractivity (Wildman–Crippen MR) is 128 cm³/mol. The van der Waals surface area contributed by atoms with E-state index in [1.165, 1.54) is 5.56 Å². The predicted octanol–water partition coefficient (Wildman–Crippen LogP) is 2.62. The van der Waals surface area contributed by atoms with Crippen LogP contribution < -0.4 is 15.4 Å². The summed E-state index contributed by atoms with van der Waals surface area (Å²) in [5.74, 6) is 1.28. The average Bonchev–Trinajstić information content (AvgIpc) is 3.29. The van der Waals surface area contributed by atoms with E-state index in [1.54, 1.807) is 25.3 Å². The van der Waals surface area contributed by atoms with E-state index in [4.69, 9.17) is 14.2 Å². The molecule has 0 aromatic heterocycles. The fourth-order valence-electron chi connectivity index (χ4n) is 5.39. The second-order valence-corrected chi connectivity index (χ2v) is 9.38. The first-order valence-corrected chi connectivity index (χ1v) is 12.1. The third-order valence-corrected chi connectivity index (χ3v) is 7.19. The van der Waals surface area contributed by atoms with Gasteiger partial charge in [-0.05, 0) is 56.0 Å². The second kappa shape index (κ2) is 10.3. The lowest BCUT2D eigenvalue weighted by Gasteiger charge is -2.46. The van der Waals surface area contributed by atoms with Crippen molar-refractivity contribution in [2.24, 2.45) is 5.92 Å². The molecule has 3 N–H and O–H groups in total. The number of nitrogens with zero attached hydrogens (tertiary/aromatic N) is 1. The molecule has 0 radical (unpaired) electrons. The van der Waals surface area contributed by atoms with E-state index < -0.39 is 24.5 Å². The number of piperidine rings is 1. The molecular weight excluding hydrogens is 434 g/mol. The number of methoxy groups -OCH3 is 1. The van der Waals surface area contributed by atoms with Gasteiger partial charge in [0.25, 0.3) is 0 Å². The zero-order chi connectivity index (χ0) is 23.5. The van der Waals surface area contributed by atoms with Crippen molar-refractivity contribution in [2.45, 2.75) is 49.8 Å². The van der Waals surface area contributed by atoms with Crippen LogP contribution in [0.3, 0.4) is 0 Å². The zero-order valence-corrected chi connectivity index (χ0v) is 19.4. The van der Waals surface area contributed by atoms with Gasteiger partial charge in [-0.1, -0.05) is 36.4 Å². The summed E-state index contributed by atoms with van der Waals surface area (Å²) in [7, 11) is 1.58. The lowest BCUT2D eigenvalue weighted by molar-refractivity contribution is -0.184. The van der Waals surface area contributed by atoms with Crippen molar-refractivity contribution < 1.29 is 24.1 Å². The highest BCUT2D eigenvalue weighted by molar-refractivity contribution is 5.89.